The second kappa shape index (κ2) is 7.00. The normalized spacial score (nSPS) is 98.1. The Labute approximate surface area is 381 Å². The first-order chi connectivity index (χ1) is 31.7. The van der Waals surface area contributed by atoms with Crippen molar-refractivity contribution >= 4 is 0 Å². The summed E-state index contributed by atoms with van der Waals surface area (Å²) in [7, 11) is 0. The largest absolute Gasteiger partial charge is 0.0654 e. The van der Waals surface area contributed by atoms with Gasteiger partial charge in [0.15, 0.2) is 0 Å². The van der Waals surface area contributed by atoms with Crippen LogP contribution in [0.15, 0.2) is 0 Å². The molecule has 8 spiro atoms. The number of hydrogen-bond acceptors (Lipinski definition) is 0. The van der Waals surface area contributed by atoms with Crippen LogP contribution in [0.3, 0.4) is 0 Å². The molecular weight excluding hydrogens is 769 g/mol. The molecule has 0 aromatic carbocycles. The lowest BCUT2D eigenvalue weighted by atomic mass is 8.78. The molecule has 0 aromatic rings. The van der Waals surface area contributed by atoms with Crippen LogP contribution >= 0.6 is 0 Å². The molecule has 0 bridgehead atoms. The van der Waals surface area contributed by atoms with Gasteiger partial charge in [-0.3, -0.25) is 0 Å². The molecule has 50 atom stereocenters. The molecule has 0 aliphatic heterocycles. The highest BCUT2D eigenvalue weighted by atomic mass is 15.3. The summed E-state index contributed by atoms with van der Waals surface area (Å²) in [4.78, 5) is 0. The average molecular weight is 841 g/mol. The molecule has 0 heteroatoms. The van der Waals surface area contributed by atoms with Gasteiger partial charge in [0.25, 0.3) is 0 Å². The molecule has 328 valence electrons. The highest BCUT2D eigenvalue weighted by Crippen LogP contribution is 3.27. The molecule has 29 aliphatic carbocycles. The molecule has 0 N–H and O–H groups in total. The molecule has 29 fully saturated rings. The summed E-state index contributed by atoms with van der Waals surface area (Å²) in [6.07, 6.45) is 20.3. The van der Waals surface area contributed by atoms with Gasteiger partial charge in [0.2, 0.25) is 0 Å². The molecule has 0 amide bonds. The predicted octanol–water partition coefficient (Wildman–Crippen LogP) is 10.9. The quantitative estimate of drug-likeness (QED) is 0.224. The summed E-state index contributed by atoms with van der Waals surface area (Å²) in [6.45, 7) is 5.43. The number of hydrogen-bond donors (Lipinski definition) is 0. The van der Waals surface area contributed by atoms with Crippen LogP contribution in [-0.2, 0) is 0 Å². The second-order valence-corrected chi connectivity index (χ2v) is 35.3. The zero-order valence-corrected chi connectivity index (χ0v) is 38.7. The van der Waals surface area contributed by atoms with Crippen molar-refractivity contribution in [3.05, 3.63) is 0 Å². The maximum absolute atomic E-state index is 2.73. The second-order valence-electron chi connectivity index (χ2n) is 35.3. The van der Waals surface area contributed by atoms with E-state index in [1.54, 1.807) is 64.2 Å². The lowest BCUT2D eigenvalue weighted by Gasteiger charge is -3.25. The van der Waals surface area contributed by atoms with E-state index in [-0.39, 0.29) is 0 Å². The minimum atomic E-state index is 0.992. The van der Waals surface area contributed by atoms with Gasteiger partial charge in [-0.15, -0.1) is 0 Å². The number of fused-ring (bicyclic) bond motifs is 29. The predicted molar refractivity (Wildman–Crippen MR) is 233 cm³/mol. The Morgan fingerprint density at radius 3 is 1.36 bits per heavy atom. The van der Waals surface area contributed by atoms with E-state index in [2.05, 4.69) is 13.8 Å². The van der Waals surface area contributed by atoms with E-state index in [1.165, 1.54) is 255 Å². The molecule has 64 heavy (non-hydrogen) atoms. The Morgan fingerprint density at radius 1 is 0.344 bits per heavy atom. The van der Waals surface area contributed by atoms with Crippen molar-refractivity contribution in [3.63, 3.8) is 0 Å². The molecule has 0 radical (unpaired) electrons. The van der Waals surface area contributed by atoms with Crippen LogP contribution in [0.25, 0.3) is 0 Å². The third kappa shape index (κ3) is 1.52. The molecule has 0 saturated heterocycles. The highest BCUT2D eigenvalue weighted by molar-refractivity contribution is 5.70. The minimum absolute atomic E-state index is 0.992. The molecule has 29 rings (SSSR count). The van der Waals surface area contributed by atoms with E-state index in [4.69, 9.17) is 0 Å². The van der Waals surface area contributed by atoms with Crippen molar-refractivity contribution in [2.45, 2.75) is 90.9 Å². The Balaban J connectivity index is 0.606. The standard InChI is InChI=1S/C64H72/c1-3-5-22(29-17(4-2)30-31-18-6-7-19(18)32(31)37(29)30)35-50-44(53-56-49-27-13-16-12-25-47-54-51(35)60(50,53)64(54,56)62(47,49)58(16,25)27)43-40(41-38-33-20-8-9-21(20)34(33)39(38)42(41)43)36-23-14-28-46-45-24-10-15-11-26-48-55-52(36)59(23,28)63(46,55)61(45,48)57(15,24)26/h15-56H,3-14H2,1-2H3. The lowest BCUT2D eigenvalue weighted by molar-refractivity contribution is -0.795. The maximum Gasteiger partial charge on any atom is -0.00962 e. The third-order valence-electron chi connectivity index (χ3n) is 41.1. The summed E-state index contributed by atoms with van der Waals surface area (Å²) < 4.78 is 0. The minimum Gasteiger partial charge on any atom is -0.0654 e. The van der Waals surface area contributed by atoms with E-state index in [1.807, 2.05) is 6.42 Å². The molecule has 29 aliphatic rings. The fourth-order valence-electron chi connectivity index (χ4n) is 44.2. The molecular formula is C64H72. The Hall–Kier alpha value is 0. The first-order valence-electron chi connectivity index (χ1n) is 31.7. The molecule has 0 nitrogen and oxygen atoms in total. The van der Waals surface area contributed by atoms with E-state index < -0.39 is 0 Å². The molecule has 50 unspecified atom stereocenters. The van der Waals surface area contributed by atoms with Crippen LogP contribution in [0.2, 0.25) is 0 Å². The summed E-state index contributed by atoms with van der Waals surface area (Å²) in [5.74, 6) is 54.0. The summed E-state index contributed by atoms with van der Waals surface area (Å²) >= 11 is 0. The van der Waals surface area contributed by atoms with Gasteiger partial charge in [0, 0.05) is 0 Å². The van der Waals surface area contributed by atoms with Gasteiger partial charge in [-0.1, -0.05) is 33.1 Å². The van der Waals surface area contributed by atoms with Crippen molar-refractivity contribution in [1.82, 2.24) is 0 Å². The van der Waals surface area contributed by atoms with E-state index >= 15 is 0 Å². The van der Waals surface area contributed by atoms with Crippen LogP contribution in [0.5, 0.6) is 0 Å². The fraction of sp³-hybridized carbons (Fsp3) is 1.00. The van der Waals surface area contributed by atoms with Gasteiger partial charge in [0.1, 0.15) is 0 Å². The molecule has 0 aromatic heterocycles. The number of rotatable bonds is 7. The van der Waals surface area contributed by atoms with E-state index in [0.717, 1.165) is 43.3 Å². The first kappa shape index (κ1) is 30.0. The highest BCUT2D eigenvalue weighted by Gasteiger charge is 3.24. The monoisotopic (exact) mass is 841 g/mol. The van der Waals surface area contributed by atoms with Gasteiger partial charge < -0.3 is 0 Å². The van der Waals surface area contributed by atoms with Crippen LogP contribution in [0, 0.1) is 292 Å². The Kier molecular flexibility index (Phi) is 3.28. The van der Waals surface area contributed by atoms with Gasteiger partial charge >= 0.3 is 0 Å². The van der Waals surface area contributed by atoms with E-state index in [0.29, 0.717) is 0 Å². The smallest absolute Gasteiger partial charge is 0.00962 e. The van der Waals surface area contributed by atoms with Crippen molar-refractivity contribution < 1.29 is 0 Å². The summed E-state index contributed by atoms with van der Waals surface area (Å²) in [5.41, 5.74) is 8.26. The van der Waals surface area contributed by atoms with Crippen molar-refractivity contribution in [2.24, 2.45) is 292 Å². The van der Waals surface area contributed by atoms with Gasteiger partial charge in [-0.05, 0) is 350 Å². The van der Waals surface area contributed by atoms with Gasteiger partial charge in [-0.2, -0.15) is 0 Å². The van der Waals surface area contributed by atoms with Crippen molar-refractivity contribution in [2.75, 3.05) is 0 Å². The Morgan fingerprint density at radius 2 is 0.797 bits per heavy atom. The van der Waals surface area contributed by atoms with Crippen molar-refractivity contribution in [1.29, 1.82) is 0 Å². The van der Waals surface area contributed by atoms with Crippen LogP contribution in [0.4, 0.5) is 0 Å². The van der Waals surface area contributed by atoms with Crippen LogP contribution in [-0.4, -0.2) is 0 Å². The molecule has 0 heterocycles. The fourth-order valence-corrected chi connectivity index (χ4v) is 44.2. The van der Waals surface area contributed by atoms with Crippen LogP contribution < -0.4 is 0 Å². The van der Waals surface area contributed by atoms with Crippen molar-refractivity contribution in [3.8, 4) is 0 Å². The average Bonchev–Trinajstić information content (AvgIpc) is 3.18. The topological polar surface area (TPSA) is 0 Å². The van der Waals surface area contributed by atoms with Gasteiger partial charge in [0.05, 0.1) is 0 Å². The zero-order chi connectivity index (χ0) is 38.7. The maximum atomic E-state index is 2.73. The SMILES string of the molecule is CCCC(C1C(CC)C2C3C4CCC4C3C12)C1C2C(C3C4C5C6C7CCC7C6C5C4C3C3C4CC5C6C7C8CC9CC%10C%11C%12C3C45C6%12C7%11C98%10)C3C4C5C6CC7CC8C9C%10C1C23C%104C95C786. The first-order valence-corrected chi connectivity index (χ1v) is 31.7. The lowest BCUT2D eigenvalue weighted by Crippen LogP contribution is -3.23. The molecule has 29 saturated carbocycles. The third-order valence-corrected chi connectivity index (χ3v) is 41.1. The van der Waals surface area contributed by atoms with Crippen LogP contribution in [0.1, 0.15) is 90.9 Å². The summed E-state index contributed by atoms with van der Waals surface area (Å²) in [6, 6.07) is 0. The Bertz CT molecular complexity index is 2800. The van der Waals surface area contributed by atoms with E-state index in [9.17, 15) is 0 Å². The van der Waals surface area contributed by atoms with Gasteiger partial charge in [-0.25, -0.2) is 0 Å². The summed E-state index contributed by atoms with van der Waals surface area (Å²) in [5, 5.41) is 0. The zero-order valence-electron chi connectivity index (χ0n) is 38.7.